The Bertz CT molecular complexity index is 1230. The summed E-state index contributed by atoms with van der Waals surface area (Å²) in [6, 6.07) is 21.8. The lowest BCUT2D eigenvalue weighted by Gasteiger charge is -2.11. The van der Waals surface area contributed by atoms with E-state index in [-0.39, 0.29) is 11.2 Å². The number of thioether (sulfide) groups is 1. The second-order valence-corrected chi connectivity index (χ2v) is 9.24. The Morgan fingerprint density at radius 2 is 1.79 bits per heavy atom. The number of carbonyl (C=O) groups excluding carboxylic acids is 1. The lowest BCUT2D eigenvalue weighted by atomic mass is 10.0. The molecule has 0 aliphatic carbocycles. The summed E-state index contributed by atoms with van der Waals surface area (Å²) in [5.74, 6) is 1.23. The van der Waals surface area contributed by atoms with Gasteiger partial charge < -0.3 is 14.8 Å². The molecule has 1 amide bonds. The summed E-state index contributed by atoms with van der Waals surface area (Å²) in [7, 11) is 1.60. The molecule has 1 N–H and O–H groups in total. The van der Waals surface area contributed by atoms with E-state index in [0.29, 0.717) is 29.7 Å². The summed E-state index contributed by atoms with van der Waals surface area (Å²) in [5.41, 5.74) is 5.51. The third-order valence-corrected chi connectivity index (χ3v) is 6.62. The molecule has 4 rings (SSSR count). The molecule has 1 aliphatic heterocycles. The van der Waals surface area contributed by atoms with E-state index in [4.69, 9.17) is 9.47 Å². The average molecular weight is 474 g/mol. The number of methoxy groups -OCH3 is 1. The van der Waals surface area contributed by atoms with Crippen LogP contribution in [-0.4, -0.2) is 29.6 Å². The van der Waals surface area contributed by atoms with Crippen molar-refractivity contribution in [3.8, 4) is 11.5 Å². The molecule has 3 aromatic rings. The van der Waals surface area contributed by atoms with Gasteiger partial charge in [-0.3, -0.25) is 4.79 Å². The van der Waals surface area contributed by atoms with Crippen molar-refractivity contribution in [2.24, 2.45) is 10.2 Å². The quantitative estimate of drug-likeness (QED) is 0.367. The summed E-state index contributed by atoms with van der Waals surface area (Å²) in [6.45, 7) is 4.62. The van der Waals surface area contributed by atoms with Gasteiger partial charge >= 0.3 is 0 Å². The van der Waals surface area contributed by atoms with Gasteiger partial charge in [0.1, 0.15) is 6.61 Å². The number of ether oxygens (including phenoxy) is 2. The van der Waals surface area contributed by atoms with Gasteiger partial charge in [0, 0.05) is 0 Å². The standard InChI is InChI=1S/C27H27N3O3S/c1-18-9-10-21(13-19(18)2)15-25-26(31)29-27(34-25)30-28-16-22-11-12-23(24(14-22)32-3)33-17-20-7-5-4-6-8-20/h4-14,16,25H,15,17H2,1-3H3,(H,29,30,31)/b28-16+. The smallest absolute Gasteiger partial charge is 0.239 e. The molecule has 1 atom stereocenters. The van der Waals surface area contributed by atoms with Gasteiger partial charge in [0.15, 0.2) is 16.7 Å². The summed E-state index contributed by atoms with van der Waals surface area (Å²) in [5, 5.41) is 11.5. The molecule has 0 radical (unpaired) electrons. The number of nitrogens with zero attached hydrogens (tertiary/aromatic N) is 2. The first kappa shape index (κ1) is 23.6. The molecule has 0 bridgehead atoms. The summed E-state index contributed by atoms with van der Waals surface area (Å²) in [4.78, 5) is 12.4. The molecule has 0 aromatic heterocycles. The van der Waals surface area contributed by atoms with E-state index in [1.54, 1.807) is 13.3 Å². The van der Waals surface area contributed by atoms with E-state index in [9.17, 15) is 4.79 Å². The van der Waals surface area contributed by atoms with Crippen molar-refractivity contribution in [3.63, 3.8) is 0 Å². The van der Waals surface area contributed by atoms with Crippen LogP contribution >= 0.6 is 11.8 Å². The minimum Gasteiger partial charge on any atom is -0.493 e. The van der Waals surface area contributed by atoms with E-state index in [1.807, 2.05) is 48.5 Å². The zero-order chi connectivity index (χ0) is 23.9. The van der Waals surface area contributed by atoms with Gasteiger partial charge in [-0.1, -0.05) is 60.3 Å². The van der Waals surface area contributed by atoms with Gasteiger partial charge in [0.05, 0.1) is 18.6 Å². The average Bonchev–Trinajstić information content (AvgIpc) is 3.19. The molecule has 174 valence electrons. The predicted octanol–water partition coefficient (Wildman–Crippen LogP) is 5.06. The number of amidine groups is 1. The normalized spacial score (nSPS) is 16.7. The lowest BCUT2D eigenvalue weighted by molar-refractivity contribution is -0.118. The van der Waals surface area contributed by atoms with E-state index < -0.39 is 0 Å². The van der Waals surface area contributed by atoms with Crippen LogP contribution in [0.2, 0.25) is 0 Å². The van der Waals surface area contributed by atoms with Crippen LogP contribution in [0.25, 0.3) is 0 Å². The Morgan fingerprint density at radius 3 is 2.56 bits per heavy atom. The van der Waals surface area contributed by atoms with Crippen LogP contribution in [-0.2, 0) is 17.8 Å². The second-order valence-electron chi connectivity index (χ2n) is 8.05. The maximum absolute atomic E-state index is 12.4. The fraction of sp³-hybridized carbons (Fsp3) is 0.222. The molecule has 0 saturated carbocycles. The Labute approximate surface area is 204 Å². The number of nitrogens with one attached hydrogen (secondary N) is 1. The number of benzene rings is 3. The van der Waals surface area contributed by atoms with E-state index >= 15 is 0 Å². The molecule has 0 spiro atoms. The highest BCUT2D eigenvalue weighted by Gasteiger charge is 2.30. The van der Waals surface area contributed by atoms with Crippen molar-refractivity contribution in [1.82, 2.24) is 5.32 Å². The molecule has 3 aromatic carbocycles. The second kappa shape index (κ2) is 11.0. The number of hydrogen-bond donors (Lipinski definition) is 1. The number of hydrogen-bond acceptors (Lipinski definition) is 6. The Morgan fingerprint density at radius 1 is 0.971 bits per heavy atom. The summed E-state index contributed by atoms with van der Waals surface area (Å²) < 4.78 is 11.4. The maximum Gasteiger partial charge on any atom is 0.239 e. The molecule has 1 saturated heterocycles. The van der Waals surface area contributed by atoms with E-state index in [1.165, 1.54) is 22.9 Å². The maximum atomic E-state index is 12.4. The van der Waals surface area contributed by atoms with Crippen molar-refractivity contribution in [2.45, 2.75) is 32.1 Å². The Balaban J connectivity index is 1.36. The van der Waals surface area contributed by atoms with Gasteiger partial charge in [-0.15, -0.1) is 5.10 Å². The molecule has 6 nitrogen and oxygen atoms in total. The largest absolute Gasteiger partial charge is 0.493 e. The predicted molar refractivity (Wildman–Crippen MR) is 138 cm³/mol. The van der Waals surface area contributed by atoms with Gasteiger partial charge in [-0.2, -0.15) is 5.10 Å². The molecule has 7 heteroatoms. The van der Waals surface area contributed by atoms with Gasteiger partial charge in [-0.05, 0) is 66.3 Å². The van der Waals surface area contributed by atoms with Crippen LogP contribution in [0.1, 0.15) is 27.8 Å². The summed E-state index contributed by atoms with van der Waals surface area (Å²) >= 11 is 1.40. The molecule has 1 fully saturated rings. The van der Waals surface area contributed by atoms with Crippen molar-refractivity contribution in [2.75, 3.05) is 7.11 Å². The first-order chi connectivity index (χ1) is 16.5. The van der Waals surface area contributed by atoms with Gasteiger partial charge in [-0.25, -0.2) is 0 Å². The van der Waals surface area contributed by atoms with Crippen molar-refractivity contribution in [1.29, 1.82) is 0 Å². The molecule has 1 unspecified atom stereocenters. The van der Waals surface area contributed by atoms with Crippen LogP contribution in [0, 0.1) is 13.8 Å². The first-order valence-corrected chi connectivity index (χ1v) is 11.9. The van der Waals surface area contributed by atoms with Crippen LogP contribution < -0.4 is 14.8 Å². The number of amides is 1. The number of carbonyl (C=O) groups is 1. The van der Waals surface area contributed by atoms with Crippen LogP contribution in [0.3, 0.4) is 0 Å². The van der Waals surface area contributed by atoms with Crippen LogP contribution in [0.5, 0.6) is 11.5 Å². The highest BCUT2D eigenvalue weighted by Crippen LogP contribution is 2.28. The summed E-state index contributed by atoms with van der Waals surface area (Å²) in [6.07, 6.45) is 2.28. The van der Waals surface area contributed by atoms with E-state index in [2.05, 4.69) is 47.6 Å². The van der Waals surface area contributed by atoms with Crippen LogP contribution in [0.4, 0.5) is 0 Å². The molecular weight excluding hydrogens is 446 g/mol. The fourth-order valence-electron chi connectivity index (χ4n) is 3.50. The lowest BCUT2D eigenvalue weighted by Crippen LogP contribution is -2.25. The minimum atomic E-state index is -0.211. The monoisotopic (exact) mass is 473 g/mol. The number of rotatable bonds is 8. The minimum absolute atomic E-state index is 0.0428. The zero-order valence-electron chi connectivity index (χ0n) is 19.4. The van der Waals surface area contributed by atoms with Crippen LogP contribution in [0.15, 0.2) is 76.9 Å². The SMILES string of the molecule is COc1cc(/C=N/N=C2/NC(=O)C(Cc3ccc(C)c(C)c3)S2)ccc1OCc1ccccc1. The molecule has 34 heavy (non-hydrogen) atoms. The zero-order valence-corrected chi connectivity index (χ0v) is 20.3. The topological polar surface area (TPSA) is 72.3 Å². The first-order valence-electron chi connectivity index (χ1n) is 11.0. The van der Waals surface area contributed by atoms with Gasteiger partial charge in [0.2, 0.25) is 5.91 Å². The van der Waals surface area contributed by atoms with Gasteiger partial charge in [0.25, 0.3) is 0 Å². The Hall–Kier alpha value is -3.58. The molecule has 1 heterocycles. The third-order valence-electron chi connectivity index (χ3n) is 5.55. The van der Waals surface area contributed by atoms with E-state index in [0.717, 1.165) is 16.7 Å². The number of aryl methyl sites for hydroxylation is 2. The highest BCUT2D eigenvalue weighted by molar-refractivity contribution is 8.15. The van der Waals surface area contributed by atoms with Crippen molar-refractivity contribution in [3.05, 3.63) is 94.5 Å². The molecular formula is C27H27N3O3S. The van der Waals surface area contributed by atoms with Crippen molar-refractivity contribution < 1.29 is 14.3 Å². The fourth-order valence-corrected chi connectivity index (χ4v) is 4.46. The Kier molecular flexibility index (Phi) is 7.65. The van der Waals surface area contributed by atoms with Crippen molar-refractivity contribution >= 4 is 29.1 Å². The molecule has 1 aliphatic rings. The third kappa shape index (κ3) is 6.05. The highest BCUT2D eigenvalue weighted by atomic mass is 32.2.